The lowest BCUT2D eigenvalue weighted by molar-refractivity contribution is 0.223. The van der Waals surface area contributed by atoms with Gasteiger partial charge >= 0.3 is 0 Å². The summed E-state index contributed by atoms with van der Waals surface area (Å²) >= 11 is 1.64. The van der Waals surface area contributed by atoms with Gasteiger partial charge in [0.2, 0.25) is 0 Å². The Balaban J connectivity index is 2.01. The van der Waals surface area contributed by atoms with Crippen LogP contribution in [0.15, 0.2) is 48.5 Å². The van der Waals surface area contributed by atoms with Crippen molar-refractivity contribution in [2.24, 2.45) is 0 Å². The first-order valence-electron chi connectivity index (χ1n) is 6.50. The van der Waals surface area contributed by atoms with Crippen LogP contribution < -0.4 is 4.74 Å². The summed E-state index contributed by atoms with van der Waals surface area (Å²) in [5.74, 6) is 0.815. The van der Waals surface area contributed by atoms with Gasteiger partial charge in [0.05, 0.1) is 7.11 Å². The van der Waals surface area contributed by atoms with Crippen molar-refractivity contribution in [1.82, 2.24) is 0 Å². The Bertz CT molecular complexity index is 713. The zero-order valence-electron chi connectivity index (χ0n) is 11.5. The van der Waals surface area contributed by atoms with Crippen molar-refractivity contribution in [1.29, 1.82) is 0 Å². The van der Waals surface area contributed by atoms with Crippen molar-refractivity contribution in [3.63, 3.8) is 0 Å². The van der Waals surface area contributed by atoms with Crippen molar-refractivity contribution in [2.75, 3.05) is 7.11 Å². The second-order valence-electron chi connectivity index (χ2n) is 4.81. The van der Waals surface area contributed by atoms with Crippen molar-refractivity contribution >= 4 is 21.4 Å². The number of methoxy groups -OCH3 is 1. The van der Waals surface area contributed by atoms with Gasteiger partial charge in [0.1, 0.15) is 11.9 Å². The predicted molar refractivity (Wildman–Crippen MR) is 83.6 cm³/mol. The summed E-state index contributed by atoms with van der Waals surface area (Å²) < 4.78 is 6.41. The van der Waals surface area contributed by atoms with Crippen LogP contribution in [0.5, 0.6) is 5.75 Å². The third-order valence-electron chi connectivity index (χ3n) is 3.49. The molecule has 1 N–H and O–H groups in total. The quantitative estimate of drug-likeness (QED) is 0.777. The van der Waals surface area contributed by atoms with Crippen molar-refractivity contribution < 1.29 is 9.84 Å². The molecule has 0 saturated heterocycles. The van der Waals surface area contributed by atoms with Gasteiger partial charge in [-0.3, -0.25) is 0 Å². The largest absolute Gasteiger partial charge is 0.497 e. The van der Waals surface area contributed by atoms with Gasteiger partial charge in [0.15, 0.2) is 0 Å². The molecule has 0 radical (unpaired) electrons. The second-order valence-corrected chi connectivity index (χ2v) is 5.93. The minimum Gasteiger partial charge on any atom is -0.497 e. The molecule has 2 nitrogen and oxygen atoms in total. The highest BCUT2D eigenvalue weighted by atomic mass is 32.1. The molecule has 1 atom stereocenters. The Kier molecular flexibility index (Phi) is 3.47. The highest BCUT2D eigenvalue weighted by Gasteiger charge is 2.16. The maximum Gasteiger partial charge on any atom is 0.119 e. The fourth-order valence-electron chi connectivity index (χ4n) is 2.37. The number of rotatable bonds is 3. The minimum atomic E-state index is -0.585. The lowest BCUT2D eigenvalue weighted by Gasteiger charge is -2.13. The number of ether oxygens (including phenoxy) is 1. The van der Waals surface area contributed by atoms with E-state index in [0.29, 0.717) is 0 Å². The van der Waals surface area contributed by atoms with E-state index in [1.54, 1.807) is 18.4 Å². The lowest BCUT2D eigenvalue weighted by atomic mass is 10.0. The third kappa shape index (κ3) is 2.30. The molecule has 1 aromatic heterocycles. The molecule has 2 aromatic carbocycles. The van der Waals surface area contributed by atoms with E-state index in [1.807, 2.05) is 37.3 Å². The van der Waals surface area contributed by atoms with Crippen molar-refractivity contribution in [2.45, 2.75) is 13.0 Å². The Morgan fingerprint density at radius 3 is 2.60 bits per heavy atom. The fraction of sp³-hybridized carbons (Fsp3) is 0.176. The zero-order chi connectivity index (χ0) is 14.1. The summed E-state index contributed by atoms with van der Waals surface area (Å²) in [5.41, 5.74) is 1.96. The van der Waals surface area contributed by atoms with Crippen LogP contribution in [0.1, 0.15) is 22.1 Å². The molecule has 0 aliphatic rings. The SMILES string of the molecule is COc1ccc(C(O)c2cc3ccccc3s2)c(C)c1. The maximum atomic E-state index is 10.6. The molecule has 102 valence electrons. The molecule has 0 amide bonds. The lowest BCUT2D eigenvalue weighted by Crippen LogP contribution is -2.00. The number of fused-ring (bicyclic) bond motifs is 1. The van der Waals surface area contributed by atoms with E-state index in [1.165, 1.54) is 10.1 Å². The molecule has 1 unspecified atom stereocenters. The van der Waals surface area contributed by atoms with Crippen LogP contribution in [0.4, 0.5) is 0 Å². The zero-order valence-corrected chi connectivity index (χ0v) is 12.3. The van der Waals surface area contributed by atoms with Gasteiger partial charge in [-0.15, -0.1) is 11.3 Å². The molecule has 1 heterocycles. The van der Waals surface area contributed by atoms with E-state index < -0.39 is 6.10 Å². The number of hydrogen-bond acceptors (Lipinski definition) is 3. The monoisotopic (exact) mass is 284 g/mol. The molecular weight excluding hydrogens is 268 g/mol. The normalized spacial score (nSPS) is 12.6. The summed E-state index contributed by atoms with van der Waals surface area (Å²) in [7, 11) is 1.65. The van der Waals surface area contributed by atoms with Gasteiger partial charge in [-0.05, 0) is 47.7 Å². The van der Waals surface area contributed by atoms with Gasteiger partial charge in [0.25, 0.3) is 0 Å². The smallest absolute Gasteiger partial charge is 0.119 e. The van der Waals surface area contributed by atoms with Gasteiger partial charge < -0.3 is 9.84 Å². The van der Waals surface area contributed by atoms with E-state index in [0.717, 1.165) is 21.8 Å². The number of aryl methyl sites for hydroxylation is 1. The third-order valence-corrected chi connectivity index (χ3v) is 4.65. The Morgan fingerprint density at radius 1 is 1.10 bits per heavy atom. The highest BCUT2D eigenvalue weighted by Crippen LogP contribution is 2.34. The molecule has 0 bridgehead atoms. The molecule has 0 saturated carbocycles. The summed E-state index contributed by atoms with van der Waals surface area (Å²) in [5, 5.41) is 11.8. The van der Waals surface area contributed by atoms with Crippen molar-refractivity contribution in [3.8, 4) is 5.75 Å². The van der Waals surface area contributed by atoms with Crippen LogP contribution in [-0.2, 0) is 0 Å². The van der Waals surface area contributed by atoms with Gasteiger partial charge in [-0.1, -0.05) is 24.3 Å². The van der Waals surface area contributed by atoms with Crippen molar-refractivity contribution in [3.05, 3.63) is 64.5 Å². The van der Waals surface area contributed by atoms with Crippen LogP contribution >= 0.6 is 11.3 Å². The molecule has 3 rings (SSSR count). The number of hydrogen-bond donors (Lipinski definition) is 1. The Hall–Kier alpha value is -1.84. The number of aliphatic hydroxyl groups excluding tert-OH is 1. The first-order valence-corrected chi connectivity index (χ1v) is 7.32. The maximum absolute atomic E-state index is 10.6. The average molecular weight is 284 g/mol. The number of thiophene rings is 1. The molecule has 0 fully saturated rings. The summed E-state index contributed by atoms with van der Waals surface area (Å²) in [6.07, 6.45) is -0.585. The van der Waals surface area contributed by atoms with Crippen LogP contribution in [0.25, 0.3) is 10.1 Å². The first-order chi connectivity index (χ1) is 9.69. The minimum absolute atomic E-state index is 0.585. The molecule has 20 heavy (non-hydrogen) atoms. The Morgan fingerprint density at radius 2 is 1.90 bits per heavy atom. The van der Waals surface area contributed by atoms with E-state index >= 15 is 0 Å². The molecule has 0 aliphatic heterocycles. The van der Waals surface area contributed by atoms with Crippen LogP contribution in [-0.4, -0.2) is 12.2 Å². The number of benzene rings is 2. The molecule has 0 aliphatic carbocycles. The van der Waals surface area contributed by atoms with Crippen LogP contribution in [0, 0.1) is 6.92 Å². The van der Waals surface area contributed by atoms with E-state index in [2.05, 4.69) is 18.2 Å². The molecule has 3 heteroatoms. The van der Waals surface area contributed by atoms with Gasteiger partial charge in [0, 0.05) is 9.58 Å². The topological polar surface area (TPSA) is 29.5 Å². The van der Waals surface area contributed by atoms with Gasteiger partial charge in [-0.25, -0.2) is 0 Å². The predicted octanol–water partition coefficient (Wildman–Crippen LogP) is 4.30. The van der Waals surface area contributed by atoms with Gasteiger partial charge in [-0.2, -0.15) is 0 Å². The second kappa shape index (κ2) is 5.27. The standard InChI is InChI=1S/C17H16O2S/c1-11-9-13(19-2)7-8-14(11)17(18)16-10-12-5-3-4-6-15(12)20-16/h3-10,17-18H,1-2H3. The van der Waals surface area contributed by atoms with E-state index in [-0.39, 0.29) is 0 Å². The van der Waals surface area contributed by atoms with Crippen LogP contribution in [0.2, 0.25) is 0 Å². The van der Waals surface area contributed by atoms with Crippen LogP contribution in [0.3, 0.4) is 0 Å². The Labute approximate surface area is 122 Å². The molecule has 3 aromatic rings. The summed E-state index contributed by atoms with van der Waals surface area (Å²) in [4.78, 5) is 0.972. The fourth-order valence-corrected chi connectivity index (χ4v) is 3.44. The average Bonchev–Trinajstić information content (AvgIpc) is 2.90. The first kappa shape index (κ1) is 13.2. The molecular formula is C17H16O2S. The van der Waals surface area contributed by atoms with E-state index in [4.69, 9.17) is 4.74 Å². The highest BCUT2D eigenvalue weighted by molar-refractivity contribution is 7.19. The summed E-state index contributed by atoms with van der Waals surface area (Å²) in [6, 6.07) is 16.0. The molecule has 0 spiro atoms. The summed E-state index contributed by atoms with van der Waals surface area (Å²) in [6.45, 7) is 1.99. The number of aliphatic hydroxyl groups is 1. The van der Waals surface area contributed by atoms with E-state index in [9.17, 15) is 5.11 Å².